The van der Waals surface area contributed by atoms with Crippen LogP contribution in [0.25, 0.3) is 10.9 Å². The maximum absolute atomic E-state index is 13.2. The van der Waals surface area contributed by atoms with Crippen LogP contribution in [-0.2, 0) is 30.0 Å². The molecule has 2 aromatic heterocycles. The smallest absolute Gasteiger partial charge is 0.410 e. The molecule has 1 aromatic carbocycles. The second-order valence-corrected chi connectivity index (χ2v) is 12.6. The number of rotatable bonds is 6. The van der Waals surface area contributed by atoms with Crippen LogP contribution in [0.3, 0.4) is 0 Å². The number of nitrogens with zero attached hydrogens (tertiary/aromatic N) is 4. The number of fused-ring (bicyclic) bond motifs is 1. The number of hydrogen-bond acceptors (Lipinski definition) is 5. The summed E-state index contributed by atoms with van der Waals surface area (Å²) in [5.41, 5.74) is 3.75. The molecule has 1 fully saturated rings. The lowest BCUT2D eigenvalue weighted by Crippen LogP contribution is -2.52. The topological polar surface area (TPSA) is 93.1 Å². The highest BCUT2D eigenvalue weighted by molar-refractivity contribution is 6.32. The number of imidazole rings is 1. The SMILES string of the molecule is Cc1nc(CCc2[nH]nc3cc(Cl)c(C(C)(C)C)cc23)n(C)c1C(=O)CC1CN(C(=O)OC(C)(C)C)C1. The van der Waals surface area contributed by atoms with E-state index in [2.05, 4.69) is 37.0 Å². The predicted octanol–water partition coefficient (Wildman–Crippen LogP) is 5.78. The van der Waals surface area contributed by atoms with Gasteiger partial charge < -0.3 is 14.2 Å². The van der Waals surface area contributed by atoms with Crippen molar-refractivity contribution in [2.45, 2.75) is 78.7 Å². The molecule has 0 radical (unpaired) electrons. The normalized spacial score (nSPS) is 14.8. The van der Waals surface area contributed by atoms with Gasteiger partial charge in [0.25, 0.3) is 0 Å². The Morgan fingerprint density at radius 2 is 1.81 bits per heavy atom. The van der Waals surface area contributed by atoms with Crippen molar-refractivity contribution in [3.05, 3.63) is 45.6 Å². The summed E-state index contributed by atoms with van der Waals surface area (Å²) in [6.45, 7) is 14.9. The van der Waals surface area contributed by atoms with E-state index in [0.29, 0.717) is 38.0 Å². The lowest BCUT2D eigenvalue weighted by Gasteiger charge is -2.39. The van der Waals surface area contributed by atoms with Gasteiger partial charge in [0, 0.05) is 55.0 Å². The van der Waals surface area contributed by atoms with Crippen LogP contribution in [-0.4, -0.2) is 55.2 Å². The molecule has 0 atom stereocenters. The number of hydrogen-bond donors (Lipinski definition) is 1. The molecule has 0 aliphatic carbocycles. The summed E-state index contributed by atoms with van der Waals surface area (Å²) in [5.74, 6) is 1.06. The zero-order chi connectivity index (χ0) is 27.3. The molecule has 9 heteroatoms. The molecular weight excluding hydrogens is 490 g/mol. The fraction of sp³-hybridized carbons (Fsp3) is 0.571. The molecule has 3 heterocycles. The summed E-state index contributed by atoms with van der Waals surface area (Å²) in [4.78, 5) is 31.7. The standard InChI is InChI=1S/C28H38ClN5O3/c1-16-25(23(35)11-17-14-34(15-17)26(36)37-28(5,6)7)33(8)24(30-16)10-9-21-18-12-19(27(2,3)4)20(29)13-22(18)32-31-21/h12-13,17H,9-11,14-15H2,1-8H3,(H,31,32). The minimum Gasteiger partial charge on any atom is -0.444 e. The molecule has 1 amide bonds. The van der Waals surface area contributed by atoms with E-state index in [1.807, 2.05) is 45.4 Å². The van der Waals surface area contributed by atoms with Crippen molar-refractivity contribution in [1.82, 2.24) is 24.6 Å². The van der Waals surface area contributed by atoms with Crippen LogP contribution in [0.5, 0.6) is 0 Å². The predicted molar refractivity (Wildman–Crippen MR) is 145 cm³/mol. The highest BCUT2D eigenvalue weighted by Crippen LogP contribution is 2.34. The average molecular weight is 528 g/mol. The summed E-state index contributed by atoms with van der Waals surface area (Å²) < 4.78 is 7.32. The molecule has 1 N–H and O–H groups in total. The van der Waals surface area contributed by atoms with Crippen molar-refractivity contribution in [2.24, 2.45) is 13.0 Å². The van der Waals surface area contributed by atoms with Gasteiger partial charge in [0.2, 0.25) is 0 Å². The number of ketones is 1. The van der Waals surface area contributed by atoms with E-state index >= 15 is 0 Å². The quantitative estimate of drug-likeness (QED) is 0.410. The maximum Gasteiger partial charge on any atom is 0.410 e. The Bertz CT molecular complexity index is 1340. The van der Waals surface area contributed by atoms with Gasteiger partial charge in [-0.3, -0.25) is 9.89 Å². The molecule has 0 bridgehead atoms. The van der Waals surface area contributed by atoms with Crippen LogP contribution in [0.2, 0.25) is 5.02 Å². The van der Waals surface area contributed by atoms with Crippen LogP contribution in [0.1, 0.15) is 81.2 Å². The van der Waals surface area contributed by atoms with E-state index in [1.54, 1.807) is 4.90 Å². The second-order valence-electron chi connectivity index (χ2n) is 12.2. The zero-order valence-corrected chi connectivity index (χ0v) is 23.9. The van der Waals surface area contributed by atoms with Gasteiger partial charge in [0.15, 0.2) is 5.78 Å². The summed E-state index contributed by atoms with van der Waals surface area (Å²) in [6, 6.07) is 4.05. The van der Waals surface area contributed by atoms with Gasteiger partial charge in [-0.2, -0.15) is 5.10 Å². The number of carbonyl (C=O) groups is 2. The molecule has 0 unspecified atom stereocenters. The number of benzene rings is 1. The third-order valence-corrected chi connectivity index (χ3v) is 7.15. The molecular formula is C28H38ClN5O3. The number of likely N-dealkylation sites (tertiary alicyclic amines) is 1. The molecule has 0 saturated carbocycles. The first-order chi connectivity index (χ1) is 17.1. The first-order valence-electron chi connectivity index (χ1n) is 12.8. The number of aryl methyl sites for hydroxylation is 3. The summed E-state index contributed by atoms with van der Waals surface area (Å²) in [6.07, 6.45) is 1.46. The molecule has 1 aliphatic rings. The molecule has 200 valence electrons. The van der Waals surface area contributed by atoms with E-state index in [4.69, 9.17) is 21.3 Å². The highest BCUT2D eigenvalue weighted by Gasteiger charge is 2.35. The highest BCUT2D eigenvalue weighted by atomic mass is 35.5. The minimum absolute atomic E-state index is 0.0593. The number of ether oxygens (including phenoxy) is 1. The van der Waals surface area contributed by atoms with Crippen molar-refractivity contribution in [2.75, 3.05) is 13.1 Å². The molecule has 3 aromatic rings. The largest absolute Gasteiger partial charge is 0.444 e. The first kappa shape index (κ1) is 27.2. The number of aromatic nitrogens is 4. The Hall–Kier alpha value is -2.87. The van der Waals surface area contributed by atoms with Crippen molar-refractivity contribution >= 4 is 34.4 Å². The monoisotopic (exact) mass is 527 g/mol. The molecule has 4 rings (SSSR count). The Morgan fingerprint density at radius 1 is 1.14 bits per heavy atom. The number of halogens is 1. The number of Topliss-reactive ketones (excluding diaryl/α,β-unsaturated/α-hetero) is 1. The summed E-state index contributed by atoms with van der Waals surface area (Å²) in [5, 5.41) is 9.40. The van der Waals surface area contributed by atoms with Crippen molar-refractivity contribution in [1.29, 1.82) is 0 Å². The lowest BCUT2D eigenvalue weighted by atomic mass is 9.86. The molecule has 0 spiro atoms. The van der Waals surface area contributed by atoms with Gasteiger partial charge in [0.05, 0.1) is 11.2 Å². The Morgan fingerprint density at radius 3 is 2.43 bits per heavy atom. The maximum atomic E-state index is 13.2. The van der Waals surface area contributed by atoms with Crippen LogP contribution >= 0.6 is 11.6 Å². The summed E-state index contributed by atoms with van der Waals surface area (Å²) >= 11 is 6.52. The van der Waals surface area contributed by atoms with Gasteiger partial charge in [-0.05, 0) is 57.2 Å². The lowest BCUT2D eigenvalue weighted by molar-refractivity contribution is -0.00177. The van der Waals surface area contributed by atoms with E-state index in [9.17, 15) is 9.59 Å². The number of carbonyl (C=O) groups excluding carboxylic acids is 2. The van der Waals surface area contributed by atoms with Gasteiger partial charge in [-0.25, -0.2) is 9.78 Å². The zero-order valence-electron chi connectivity index (χ0n) is 23.2. The van der Waals surface area contributed by atoms with Gasteiger partial charge in [-0.15, -0.1) is 0 Å². The van der Waals surface area contributed by atoms with Crippen LogP contribution in [0.15, 0.2) is 12.1 Å². The average Bonchev–Trinajstić information content (AvgIpc) is 3.24. The molecule has 8 nitrogen and oxygen atoms in total. The van der Waals surface area contributed by atoms with Crippen LogP contribution in [0, 0.1) is 12.8 Å². The van der Waals surface area contributed by atoms with E-state index in [-0.39, 0.29) is 23.2 Å². The third-order valence-electron chi connectivity index (χ3n) is 6.84. The van der Waals surface area contributed by atoms with Gasteiger partial charge >= 0.3 is 6.09 Å². The van der Waals surface area contributed by atoms with Crippen LogP contribution < -0.4 is 0 Å². The minimum atomic E-state index is -0.523. The van der Waals surface area contributed by atoms with E-state index < -0.39 is 5.60 Å². The number of aromatic amines is 1. The first-order valence-corrected chi connectivity index (χ1v) is 13.2. The van der Waals surface area contributed by atoms with Crippen LogP contribution in [0.4, 0.5) is 4.79 Å². The number of amides is 1. The van der Waals surface area contributed by atoms with E-state index in [1.165, 1.54) is 0 Å². The Labute approximate surface area is 223 Å². The van der Waals surface area contributed by atoms with Crippen molar-refractivity contribution in [3.8, 4) is 0 Å². The summed E-state index contributed by atoms with van der Waals surface area (Å²) in [7, 11) is 1.90. The fourth-order valence-corrected chi connectivity index (χ4v) is 5.37. The molecule has 37 heavy (non-hydrogen) atoms. The second kappa shape index (κ2) is 9.78. The molecule has 1 aliphatic heterocycles. The Balaban J connectivity index is 1.41. The molecule has 1 saturated heterocycles. The van der Waals surface area contributed by atoms with Gasteiger partial charge in [0.1, 0.15) is 17.1 Å². The third kappa shape index (κ3) is 5.84. The Kier molecular flexibility index (Phi) is 7.18. The van der Waals surface area contributed by atoms with Crippen molar-refractivity contribution < 1.29 is 14.3 Å². The van der Waals surface area contributed by atoms with Crippen molar-refractivity contribution in [3.63, 3.8) is 0 Å². The van der Waals surface area contributed by atoms with E-state index in [0.717, 1.165) is 38.7 Å². The fourth-order valence-electron chi connectivity index (χ4n) is 4.93. The number of H-pyrrole nitrogens is 1. The number of nitrogens with one attached hydrogen (secondary N) is 1. The van der Waals surface area contributed by atoms with Gasteiger partial charge in [-0.1, -0.05) is 32.4 Å².